The van der Waals surface area contributed by atoms with Crippen LogP contribution in [0.15, 0.2) is 47.7 Å². The van der Waals surface area contributed by atoms with E-state index in [2.05, 4.69) is 33.9 Å². The van der Waals surface area contributed by atoms with Gasteiger partial charge in [-0.25, -0.2) is 0 Å². The normalized spacial score (nSPS) is 26.5. The van der Waals surface area contributed by atoms with Crippen molar-refractivity contribution in [3.63, 3.8) is 0 Å². The number of piperazine rings is 1. The van der Waals surface area contributed by atoms with Gasteiger partial charge in [-0.1, -0.05) is 12.0 Å². The number of nitriles is 1. The molecular weight excluding hydrogens is 270 g/mol. The summed E-state index contributed by atoms with van der Waals surface area (Å²) in [7, 11) is 0. The Morgan fingerprint density at radius 2 is 1.95 bits per heavy atom. The fourth-order valence-corrected chi connectivity index (χ4v) is 3.75. The number of fused-ring (bicyclic) bond motifs is 1. The SMILES string of the molecule is C#CC1=CC(N2CC3=C[C@H]2CN3c2ccc(C#N)cc2)CC1. The molecule has 0 saturated heterocycles. The van der Waals surface area contributed by atoms with Gasteiger partial charge in [-0.05, 0) is 48.8 Å². The molecule has 0 radical (unpaired) electrons. The highest BCUT2D eigenvalue weighted by Gasteiger charge is 2.39. The van der Waals surface area contributed by atoms with E-state index in [0.29, 0.717) is 17.6 Å². The highest BCUT2D eigenvalue weighted by molar-refractivity contribution is 5.58. The first-order valence-corrected chi connectivity index (χ1v) is 7.70. The lowest BCUT2D eigenvalue weighted by Crippen LogP contribution is -2.47. The Bertz CT molecular complexity index is 742. The van der Waals surface area contributed by atoms with Crippen LogP contribution < -0.4 is 4.90 Å². The van der Waals surface area contributed by atoms with E-state index in [1.807, 2.05) is 24.3 Å². The molecule has 2 bridgehead atoms. The van der Waals surface area contributed by atoms with Crippen LogP contribution in [0.4, 0.5) is 5.69 Å². The molecule has 108 valence electrons. The number of hydrogen-bond acceptors (Lipinski definition) is 3. The van der Waals surface area contributed by atoms with E-state index in [0.717, 1.165) is 31.5 Å². The van der Waals surface area contributed by atoms with Gasteiger partial charge in [-0.15, -0.1) is 6.42 Å². The summed E-state index contributed by atoms with van der Waals surface area (Å²) in [6.45, 7) is 1.99. The van der Waals surface area contributed by atoms with Crippen LogP contribution in [0.5, 0.6) is 0 Å². The quantitative estimate of drug-likeness (QED) is 0.783. The summed E-state index contributed by atoms with van der Waals surface area (Å²) >= 11 is 0. The Kier molecular flexibility index (Phi) is 3.03. The van der Waals surface area contributed by atoms with Gasteiger partial charge in [-0.3, -0.25) is 4.90 Å². The zero-order valence-electron chi connectivity index (χ0n) is 12.4. The number of terminal acetylenes is 1. The van der Waals surface area contributed by atoms with Crippen molar-refractivity contribution in [2.75, 3.05) is 18.0 Å². The van der Waals surface area contributed by atoms with E-state index >= 15 is 0 Å². The molecule has 2 aliphatic heterocycles. The molecule has 3 aliphatic rings. The third-order valence-corrected chi connectivity index (χ3v) is 4.89. The van der Waals surface area contributed by atoms with Crippen molar-refractivity contribution < 1.29 is 0 Å². The first-order valence-electron chi connectivity index (χ1n) is 7.70. The van der Waals surface area contributed by atoms with Crippen molar-refractivity contribution >= 4 is 5.69 Å². The Hall–Kier alpha value is -2.49. The zero-order chi connectivity index (χ0) is 15.1. The van der Waals surface area contributed by atoms with Crippen LogP contribution in [0.2, 0.25) is 0 Å². The number of benzene rings is 1. The van der Waals surface area contributed by atoms with Gasteiger partial charge in [0, 0.05) is 36.6 Å². The highest BCUT2D eigenvalue weighted by atomic mass is 15.3. The van der Waals surface area contributed by atoms with Gasteiger partial charge in [0.2, 0.25) is 0 Å². The van der Waals surface area contributed by atoms with Crippen LogP contribution in [-0.4, -0.2) is 30.1 Å². The van der Waals surface area contributed by atoms with Gasteiger partial charge >= 0.3 is 0 Å². The Morgan fingerprint density at radius 1 is 1.14 bits per heavy atom. The molecule has 1 aliphatic carbocycles. The largest absolute Gasteiger partial charge is 0.342 e. The molecule has 4 rings (SSSR count). The van der Waals surface area contributed by atoms with Crippen molar-refractivity contribution in [3.8, 4) is 18.4 Å². The summed E-state index contributed by atoms with van der Waals surface area (Å²) in [6.07, 6.45) is 12.3. The minimum absolute atomic E-state index is 0.476. The molecule has 2 atom stereocenters. The first-order chi connectivity index (χ1) is 10.8. The predicted molar refractivity (Wildman–Crippen MR) is 87.0 cm³/mol. The van der Waals surface area contributed by atoms with Crippen LogP contribution in [-0.2, 0) is 0 Å². The number of allylic oxidation sites excluding steroid dienone is 1. The molecule has 2 heterocycles. The van der Waals surface area contributed by atoms with Crippen LogP contribution in [0.3, 0.4) is 0 Å². The molecule has 0 amide bonds. The van der Waals surface area contributed by atoms with Gasteiger partial charge in [0.1, 0.15) is 0 Å². The lowest BCUT2D eigenvalue weighted by molar-refractivity contribution is 0.211. The first kappa shape index (κ1) is 13.2. The third-order valence-electron chi connectivity index (χ3n) is 4.89. The molecular formula is C19H17N3. The Morgan fingerprint density at radius 3 is 2.55 bits per heavy atom. The summed E-state index contributed by atoms with van der Waals surface area (Å²) in [5, 5.41) is 8.90. The van der Waals surface area contributed by atoms with Gasteiger partial charge in [0.25, 0.3) is 0 Å². The average molecular weight is 287 g/mol. The summed E-state index contributed by atoms with van der Waals surface area (Å²) in [6, 6.07) is 11.0. The molecule has 1 aromatic rings. The number of anilines is 1. The summed E-state index contributed by atoms with van der Waals surface area (Å²) in [5.74, 6) is 2.79. The summed E-state index contributed by atoms with van der Waals surface area (Å²) < 4.78 is 0. The van der Waals surface area contributed by atoms with E-state index in [1.165, 1.54) is 11.4 Å². The molecule has 0 aromatic heterocycles. The zero-order valence-corrected chi connectivity index (χ0v) is 12.4. The van der Waals surface area contributed by atoms with Crippen molar-refractivity contribution in [2.45, 2.75) is 24.9 Å². The second-order valence-electron chi connectivity index (χ2n) is 6.11. The molecule has 0 N–H and O–H groups in total. The maximum absolute atomic E-state index is 8.90. The van der Waals surface area contributed by atoms with E-state index in [9.17, 15) is 0 Å². The second-order valence-corrected chi connectivity index (χ2v) is 6.11. The molecule has 3 nitrogen and oxygen atoms in total. The summed E-state index contributed by atoms with van der Waals surface area (Å²) in [4.78, 5) is 4.92. The maximum Gasteiger partial charge on any atom is 0.0991 e. The predicted octanol–water partition coefficient (Wildman–Crippen LogP) is 2.67. The minimum atomic E-state index is 0.476. The average Bonchev–Trinajstić information content (AvgIpc) is 3.29. The van der Waals surface area contributed by atoms with Crippen molar-refractivity contribution in [3.05, 3.63) is 53.3 Å². The number of rotatable bonds is 2. The molecule has 0 fully saturated rings. The lowest BCUT2D eigenvalue weighted by atomic mass is 10.1. The van der Waals surface area contributed by atoms with Crippen LogP contribution in [0.25, 0.3) is 0 Å². The Labute approximate surface area is 131 Å². The van der Waals surface area contributed by atoms with Gasteiger partial charge in [0.05, 0.1) is 11.6 Å². The molecule has 0 spiro atoms. The van der Waals surface area contributed by atoms with Crippen LogP contribution >= 0.6 is 0 Å². The van der Waals surface area contributed by atoms with Gasteiger partial charge in [-0.2, -0.15) is 5.26 Å². The monoisotopic (exact) mass is 287 g/mol. The van der Waals surface area contributed by atoms with Crippen molar-refractivity contribution in [2.24, 2.45) is 0 Å². The molecule has 1 aromatic carbocycles. The van der Waals surface area contributed by atoms with Crippen molar-refractivity contribution in [1.82, 2.24) is 4.90 Å². The van der Waals surface area contributed by atoms with E-state index in [-0.39, 0.29) is 0 Å². The topological polar surface area (TPSA) is 30.3 Å². The van der Waals surface area contributed by atoms with Gasteiger partial charge < -0.3 is 4.90 Å². The van der Waals surface area contributed by atoms with Crippen LogP contribution in [0, 0.1) is 23.7 Å². The fourth-order valence-electron chi connectivity index (χ4n) is 3.75. The molecule has 0 saturated carbocycles. The lowest BCUT2D eigenvalue weighted by Gasteiger charge is -2.37. The molecule has 3 heteroatoms. The number of hydrogen-bond donors (Lipinski definition) is 0. The molecule has 22 heavy (non-hydrogen) atoms. The van der Waals surface area contributed by atoms with Crippen molar-refractivity contribution in [1.29, 1.82) is 5.26 Å². The third kappa shape index (κ3) is 2.03. The Balaban J connectivity index is 1.48. The molecule has 1 unspecified atom stereocenters. The van der Waals surface area contributed by atoms with Gasteiger partial charge in [0.15, 0.2) is 0 Å². The highest BCUT2D eigenvalue weighted by Crippen LogP contribution is 2.36. The standard InChI is InChI=1S/C19H17N3/c1-2-14-3-8-17(9-14)22-13-18-10-19(22)12-21(18)16-6-4-15(11-20)5-7-16/h1,4-7,9-10,17,19H,3,8,12-13H2/t17?,19-/m0/s1. The van der Waals surface area contributed by atoms with Crippen LogP contribution in [0.1, 0.15) is 18.4 Å². The summed E-state index contributed by atoms with van der Waals surface area (Å²) in [5.41, 5.74) is 4.42. The van der Waals surface area contributed by atoms with E-state index in [4.69, 9.17) is 11.7 Å². The number of nitrogens with zero attached hydrogens (tertiary/aromatic N) is 3. The van der Waals surface area contributed by atoms with E-state index in [1.54, 1.807) is 0 Å². The smallest absolute Gasteiger partial charge is 0.0991 e. The fraction of sp³-hybridized carbons (Fsp3) is 0.316. The maximum atomic E-state index is 8.90. The van der Waals surface area contributed by atoms with E-state index < -0.39 is 0 Å². The minimum Gasteiger partial charge on any atom is -0.342 e. The second kappa shape index (κ2) is 5.05.